The van der Waals surface area contributed by atoms with Crippen molar-refractivity contribution < 1.29 is 4.79 Å². The van der Waals surface area contributed by atoms with Crippen LogP contribution in [0.15, 0.2) is 24.3 Å². The molecule has 0 radical (unpaired) electrons. The number of nitrogens with zero attached hydrogens (tertiary/aromatic N) is 1. The number of para-hydroxylation sites is 2. The molecule has 16 heavy (non-hydrogen) atoms. The maximum atomic E-state index is 11.9. The molecule has 2 aliphatic rings. The number of benzene rings is 1. The minimum Gasteiger partial charge on any atom is -0.397 e. The number of rotatable bonds is 1. The number of hydrogen-bond donors (Lipinski definition) is 2. The van der Waals surface area contributed by atoms with E-state index in [0.717, 1.165) is 25.1 Å². The molecular weight excluding hydrogens is 202 g/mol. The summed E-state index contributed by atoms with van der Waals surface area (Å²) >= 11 is 0. The topological polar surface area (TPSA) is 58.4 Å². The Morgan fingerprint density at radius 1 is 1.31 bits per heavy atom. The number of hydrogen-bond acceptors (Lipinski definition) is 2. The van der Waals surface area contributed by atoms with Gasteiger partial charge < -0.3 is 11.1 Å². The summed E-state index contributed by atoms with van der Waals surface area (Å²) in [5.41, 5.74) is 7.45. The fourth-order valence-corrected chi connectivity index (χ4v) is 2.66. The minimum atomic E-state index is -0.0161. The third kappa shape index (κ3) is 1.13. The van der Waals surface area contributed by atoms with Crippen molar-refractivity contribution in [3.05, 3.63) is 24.3 Å². The Morgan fingerprint density at radius 2 is 2.06 bits per heavy atom. The molecule has 1 spiro atoms. The van der Waals surface area contributed by atoms with Gasteiger partial charge in [-0.1, -0.05) is 12.1 Å². The molecule has 1 aromatic rings. The Morgan fingerprint density at radius 3 is 2.69 bits per heavy atom. The minimum absolute atomic E-state index is 0.00738. The van der Waals surface area contributed by atoms with Crippen molar-refractivity contribution >= 4 is 17.4 Å². The molecule has 2 amide bonds. The van der Waals surface area contributed by atoms with E-state index < -0.39 is 0 Å². The summed E-state index contributed by atoms with van der Waals surface area (Å²) in [6.07, 6.45) is 3.33. The highest BCUT2D eigenvalue weighted by Crippen LogP contribution is 2.44. The van der Waals surface area contributed by atoms with Crippen LogP contribution in [0, 0.1) is 0 Å². The fourth-order valence-electron chi connectivity index (χ4n) is 2.66. The summed E-state index contributed by atoms with van der Waals surface area (Å²) in [5, 5.41) is 2.92. The lowest BCUT2D eigenvalue weighted by atomic mass is 9.76. The van der Waals surface area contributed by atoms with Crippen LogP contribution in [-0.4, -0.2) is 18.1 Å². The third-order valence-corrected chi connectivity index (χ3v) is 3.71. The van der Waals surface area contributed by atoms with Gasteiger partial charge >= 0.3 is 6.03 Å². The molecule has 84 valence electrons. The Bertz CT molecular complexity index is 440. The number of carbonyl (C=O) groups excluding carboxylic acids is 1. The van der Waals surface area contributed by atoms with E-state index in [4.69, 9.17) is 5.73 Å². The van der Waals surface area contributed by atoms with Crippen molar-refractivity contribution in [1.82, 2.24) is 5.32 Å². The molecule has 3 N–H and O–H groups in total. The molecule has 1 aliphatic carbocycles. The maximum Gasteiger partial charge on any atom is 0.322 e. The van der Waals surface area contributed by atoms with Crippen molar-refractivity contribution in [2.75, 3.05) is 17.2 Å². The van der Waals surface area contributed by atoms with Crippen LogP contribution in [-0.2, 0) is 0 Å². The summed E-state index contributed by atoms with van der Waals surface area (Å²) in [5.74, 6) is 0. The molecule has 0 bridgehead atoms. The highest BCUT2D eigenvalue weighted by molar-refractivity contribution is 5.99. The normalized spacial score (nSPS) is 22.0. The lowest BCUT2D eigenvalue weighted by Gasteiger charge is -2.44. The van der Waals surface area contributed by atoms with E-state index in [1.54, 1.807) is 0 Å². The van der Waals surface area contributed by atoms with Gasteiger partial charge in [-0.15, -0.1) is 0 Å². The summed E-state index contributed by atoms with van der Waals surface area (Å²) in [7, 11) is 0. The SMILES string of the molecule is Nc1ccccc1N1C(=O)NCC12CCC2. The smallest absolute Gasteiger partial charge is 0.322 e. The molecule has 1 aromatic carbocycles. The molecule has 1 aliphatic heterocycles. The van der Waals surface area contributed by atoms with E-state index in [0.29, 0.717) is 5.69 Å². The Kier molecular flexibility index (Phi) is 1.87. The number of nitrogen functional groups attached to an aromatic ring is 1. The number of urea groups is 1. The first-order valence-corrected chi connectivity index (χ1v) is 5.66. The quantitative estimate of drug-likeness (QED) is 0.704. The first kappa shape index (κ1) is 9.51. The monoisotopic (exact) mass is 217 g/mol. The summed E-state index contributed by atoms with van der Waals surface area (Å²) in [4.78, 5) is 13.7. The molecule has 3 rings (SSSR count). The lowest BCUT2D eigenvalue weighted by molar-refractivity contribution is 0.241. The van der Waals surface area contributed by atoms with Crippen LogP contribution < -0.4 is 16.0 Å². The predicted molar refractivity (Wildman–Crippen MR) is 63.3 cm³/mol. The first-order valence-electron chi connectivity index (χ1n) is 5.66. The van der Waals surface area contributed by atoms with E-state index in [9.17, 15) is 4.79 Å². The largest absolute Gasteiger partial charge is 0.397 e. The van der Waals surface area contributed by atoms with Crippen LogP contribution in [0.2, 0.25) is 0 Å². The van der Waals surface area contributed by atoms with Crippen molar-refractivity contribution in [2.24, 2.45) is 0 Å². The van der Waals surface area contributed by atoms with Crippen LogP contribution in [0.3, 0.4) is 0 Å². The average Bonchev–Trinajstić information content (AvgIpc) is 2.57. The highest BCUT2D eigenvalue weighted by atomic mass is 16.2. The van der Waals surface area contributed by atoms with Gasteiger partial charge in [0.15, 0.2) is 0 Å². The van der Waals surface area contributed by atoms with Gasteiger partial charge in [0.2, 0.25) is 0 Å². The van der Waals surface area contributed by atoms with Gasteiger partial charge in [-0.3, -0.25) is 4.90 Å². The van der Waals surface area contributed by atoms with Crippen LogP contribution >= 0.6 is 0 Å². The Hall–Kier alpha value is -1.71. The molecule has 4 heteroatoms. The van der Waals surface area contributed by atoms with Crippen molar-refractivity contribution in [3.63, 3.8) is 0 Å². The zero-order chi connectivity index (χ0) is 11.2. The number of anilines is 2. The number of nitrogens with two attached hydrogens (primary N) is 1. The second-order valence-corrected chi connectivity index (χ2v) is 4.63. The van der Waals surface area contributed by atoms with Crippen LogP contribution in [0.5, 0.6) is 0 Å². The molecule has 2 fully saturated rings. The van der Waals surface area contributed by atoms with E-state index in [1.165, 1.54) is 6.42 Å². The first-order chi connectivity index (χ1) is 7.73. The van der Waals surface area contributed by atoms with Gasteiger partial charge in [0.1, 0.15) is 0 Å². The van der Waals surface area contributed by atoms with Gasteiger partial charge in [0, 0.05) is 6.54 Å². The number of carbonyl (C=O) groups is 1. The van der Waals surface area contributed by atoms with E-state index in [2.05, 4.69) is 5.32 Å². The molecule has 1 heterocycles. The van der Waals surface area contributed by atoms with Crippen molar-refractivity contribution in [3.8, 4) is 0 Å². The molecule has 0 atom stereocenters. The lowest BCUT2D eigenvalue weighted by Crippen LogP contribution is -2.52. The zero-order valence-electron chi connectivity index (χ0n) is 9.07. The molecule has 0 aromatic heterocycles. The van der Waals surface area contributed by atoms with Crippen LogP contribution in [0.4, 0.5) is 16.2 Å². The Balaban J connectivity index is 2.04. The number of nitrogens with one attached hydrogen (secondary N) is 1. The second-order valence-electron chi connectivity index (χ2n) is 4.63. The van der Waals surface area contributed by atoms with Gasteiger partial charge in [0.25, 0.3) is 0 Å². The van der Waals surface area contributed by atoms with E-state index in [-0.39, 0.29) is 11.6 Å². The van der Waals surface area contributed by atoms with Crippen LogP contribution in [0.1, 0.15) is 19.3 Å². The van der Waals surface area contributed by atoms with Crippen molar-refractivity contribution in [1.29, 1.82) is 0 Å². The standard InChI is InChI=1S/C12H15N3O/c13-9-4-1-2-5-10(9)15-11(16)14-8-12(15)6-3-7-12/h1-2,4-5H,3,6-8,13H2,(H,14,16). The molecule has 1 saturated carbocycles. The summed E-state index contributed by atoms with van der Waals surface area (Å²) < 4.78 is 0. The van der Waals surface area contributed by atoms with Crippen LogP contribution in [0.25, 0.3) is 0 Å². The summed E-state index contributed by atoms with van der Waals surface area (Å²) in [6.45, 7) is 0.750. The van der Waals surface area contributed by atoms with Gasteiger partial charge in [-0.2, -0.15) is 0 Å². The maximum absolute atomic E-state index is 11.9. The fraction of sp³-hybridized carbons (Fsp3) is 0.417. The van der Waals surface area contributed by atoms with Crippen molar-refractivity contribution in [2.45, 2.75) is 24.8 Å². The second kappa shape index (κ2) is 3.14. The Labute approximate surface area is 94.4 Å². The zero-order valence-corrected chi connectivity index (χ0v) is 9.07. The summed E-state index contributed by atoms with van der Waals surface area (Å²) in [6, 6.07) is 7.55. The highest BCUT2D eigenvalue weighted by Gasteiger charge is 2.50. The molecule has 0 unspecified atom stereocenters. The van der Waals surface area contributed by atoms with E-state index in [1.807, 2.05) is 29.2 Å². The molecular formula is C12H15N3O. The molecule has 1 saturated heterocycles. The van der Waals surface area contributed by atoms with Gasteiger partial charge in [0.05, 0.1) is 16.9 Å². The third-order valence-electron chi connectivity index (χ3n) is 3.71. The van der Waals surface area contributed by atoms with Gasteiger partial charge in [-0.25, -0.2) is 4.79 Å². The predicted octanol–water partition coefficient (Wildman–Crippen LogP) is 1.72. The molecule has 4 nitrogen and oxygen atoms in total. The van der Waals surface area contributed by atoms with E-state index >= 15 is 0 Å². The van der Waals surface area contributed by atoms with Gasteiger partial charge in [-0.05, 0) is 31.4 Å². The number of amides is 2. The average molecular weight is 217 g/mol.